The van der Waals surface area contributed by atoms with Crippen molar-refractivity contribution in [3.8, 4) is 0 Å². The van der Waals surface area contributed by atoms with Gasteiger partial charge >= 0.3 is 11.9 Å². The number of nitrogens with zero attached hydrogens (tertiary/aromatic N) is 1. The predicted molar refractivity (Wildman–Crippen MR) is 316 cm³/mol. The number of ether oxygens (including phenoxy) is 4. The Hall–Kier alpha value is -2.23. The molecule has 9 nitrogen and oxygen atoms in total. The average Bonchev–Trinajstić information content (AvgIpc) is 3.38. The molecule has 9 heteroatoms. The van der Waals surface area contributed by atoms with Gasteiger partial charge < -0.3 is 33.3 Å². The van der Waals surface area contributed by atoms with Crippen molar-refractivity contribution in [2.24, 2.45) is 0 Å². The first-order chi connectivity index (χ1) is 36.6. The third-order valence-electron chi connectivity index (χ3n) is 14.7. The Morgan fingerprint density at radius 1 is 0.400 bits per heavy atom. The summed E-state index contributed by atoms with van der Waals surface area (Å²) in [6.07, 6.45) is 67.0. The van der Waals surface area contributed by atoms with Crippen molar-refractivity contribution in [1.29, 1.82) is 0 Å². The number of rotatable bonds is 61. The molecule has 0 aromatic heterocycles. The van der Waals surface area contributed by atoms with E-state index in [2.05, 4.69) is 38.2 Å². The van der Waals surface area contributed by atoms with Crippen LogP contribution in [0.5, 0.6) is 0 Å². The van der Waals surface area contributed by atoms with Crippen LogP contribution in [0.3, 0.4) is 0 Å². The zero-order valence-electron chi connectivity index (χ0n) is 50.4. The van der Waals surface area contributed by atoms with Crippen molar-refractivity contribution in [3.63, 3.8) is 0 Å². The molecule has 2 unspecified atom stereocenters. The minimum absolute atomic E-state index is 0.147. The van der Waals surface area contributed by atoms with Gasteiger partial charge in [-0.2, -0.15) is 0 Å². The van der Waals surface area contributed by atoms with Crippen molar-refractivity contribution in [2.75, 3.05) is 47.5 Å². The van der Waals surface area contributed by atoms with Crippen LogP contribution in [-0.4, -0.2) is 82.3 Å². The SMILES string of the molecule is CCCCC/C=C\C/C=C\CCCCCCCC(=O)OC(COC(=O)CCCCCCCCCCCCCCCCCCCCCCCCCCCCCCCCCCCCC)COC(OCC[N+](C)(C)C)C(=O)[O-]. The van der Waals surface area contributed by atoms with E-state index < -0.39 is 24.3 Å². The van der Waals surface area contributed by atoms with Crippen LogP contribution in [0, 0.1) is 0 Å². The first kappa shape index (κ1) is 72.8. The second kappa shape index (κ2) is 57.9. The number of hydrogen-bond acceptors (Lipinski definition) is 8. The summed E-state index contributed by atoms with van der Waals surface area (Å²) in [6, 6.07) is 0. The van der Waals surface area contributed by atoms with Crippen molar-refractivity contribution >= 4 is 17.9 Å². The highest BCUT2D eigenvalue weighted by Crippen LogP contribution is 2.18. The van der Waals surface area contributed by atoms with E-state index >= 15 is 0 Å². The Labute approximate surface area is 465 Å². The molecule has 0 bridgehead atoms. The van der Waals surface area contributed by atoms with Gasteiger partial charge in [0, 0.05) is 12.8 Å². The Balaban J connectivity index is 3.96. The molecule has 442 valence electrons. The maximum atomic E-state index is 12.8. The Bertz CT molecular complexity index is 1280. The molecule has 0 N–H and O–H groups in total. The number of likely N-dealkylation sites (N-methyl/N-ethyl adjacent to an activating group) is 1. The van der Waals surface area contributed by atoms with Crippen molar-refractivity contribution in [1.82, 2.24) is 0 Å². The highest BCUT2D eigenvalue weighted by Gasteiger charge is 2.22. The molecule has 0 amide bonds. The molecule has 0 aliphatic heterocycles. The zero-order valence-corrected chi connectivity index (χ0v) is 50.4. The fourth-order valence-corrected chi connectivity index (χ4v) is 9.69. The summed E-state index contributed by atoms with van der Waals surface area (Å²) < 4.78 is 22.7. The third-order valence-corrected chi connectivity index (χ3v) is 14.7. The molecule has 0 aliphatic rings. The Morgan fingerprint density at radius 2 is 0.720 bits per heavy atom. The lowest BCUT2D eigenvalue weighted by atomic mass is 10.0. The normalized spacial score (nSPS) is 12.8. The van der Waals surface area contributed by atoms with E-state index in [-0.39, 0.29) is 32.2 Å². The van der Waals surface area contributed by atoms with Crippen LogP contribution in [0.1, 0.15) is 322 Å². The van der Waals surface area contributed by atoms with Gasteiger partial charge in [0.15, 0.2) is 12.4 Å². The number of carbonyl (C=O) groups excluding carboxylic acids is 3. The van der Waals surface area contributed by atoms with Crippen LogP contribution in [0.15, 0.2) is 24.3 Å². The molecule has 0 saturated carbocycles. The van der Waals surface area contributed by atoms with Crippen LogP contribution in [0.25, 0.3) is 0 Å². The van der Waals surface area contributed by atoms with Crippen LogP contribution in [-0.2, 0) is 33.3 Å². The molecular weight excluding hydrogens is 935 g/mol. The number of unbranched alkanes of at least 4 members (excludes halogenated alkanes) is 42. The fraction of sp³-hybridized carbons (Fsp3) is 0.894. The molecule has 0 aliphatic carbocycles. The van der Waals surface area contributed by atoms with E-state index in [1.165, 1.54) is 231 Å². The number of hydrogen-bond donors (Lipinski definition) is 0. The van der Waals surface area contributed by atoms with Gasteiger partial charge in [0.25, 0.3) is 0 Å². The number of esters is 2. The van der Waals surface area contributed by atoms with Crippen molar-refractivity contribution in [3.05, 3.63) is 24.3 Å². The minimum atomic E-state index is -1.62. The van der Waals surface area contributed by atoms with Crippen LogP contribution < -0.4 is 5.11 Å². The largest absolute Gasteiger partial charge is 0.545 e. The van der Waals surface area contributed by atoms with Gasteiger partial charge in [0.2, 0.25) is 0 Å². The van der Waals surface area contributed by atoms with Crippen LogP contribution in [0.4, 0.5) is 0 Å². The van der Waals surface area contributed by atoms with E-state index in [0.29, 0.717) is 23.9 Å². The molecule has 0 fully saturated rings. The smallest absolute Gasteiger partial charge is 0.306 e. The van der Waals surface area contributed by atoms with E-state index in [1.54, 1.807) is 0 Å². The highest BCUT2D eigenvalue weighted by molar-refractivity contribution is 5.70. The summed E-state index contributed by atoms with van der Waals surface area (Å²) in [5.41, 5.74) is 0. The minimum Gasteiger partial charge on any atom is -0.545 e. The summed E-state index contributed by atoms with van der Waals surface area (Å²) in [6.45, 7) is 4.75. The first-order valence-corrected chi connectivity index (χ1v) is 32.5. The maximum Gasteiger partial charge on any atom is 0.306 e. The molecule has 0 heterocycles. The first-order valence-electron chi connectivity index (χ1n) is 32.5. The molecule has 75 heavy (non-hydrogen) atoms. The summed E-state index contributed by atoms with van der Waals surface area (Å²) >= 11 is 0. The zero-order chi connectivity index (χ0) is 54.8. The lowest BCUT2D eigenvalue weighted by Gasteiger charge is -2.26. The number of carbonyl (C=O) groups is 3. The van der Waals surface area contributed by atoms with E-state index in [9.17, 15) is 19.5 Å². The number of aliphatic carboxylic acids is 1. The molecular formula is C66H125NO8. The number of carboxylic acids is 1. The van der Waals surface area contributed by atoms with Gasteiger partial charge in [-0.25, -0.2) is 0 Å². The van der Waals surface area contributed by atoms with Gasteiger partial charge in [-0.15, -0.1) is 0 Å². The van der Waals surface area contributed by atoms with Crippen LogP contribution in [0.2, 0.25) is 0 Å². The van der Waals surface area contributed by atoms with Gasteiger partial charge in [-0.1, -0.05) is 289 Å². The quantitative estimate of drug-likeness (QED) is 0.0195. The summed E-state index contributed by atoms with van der Waals surface area (Å²) in [5, 5.41) is 11.8. The second-order valence-corrected chi connectivity index (χ2v) is 23.4. The van der Waals surface area contributed by atoms with Gasteiger partial charge in [-0.05, 0) is 44.9 Å². The summed E-state index contributed by atoms with van der Waals surface area (Å²) in [7, 11) is 5.93. The Kier molecular flexibility index (Phi) is 56.2. The average molecular weight is 1060 g/mol. The topological polar surface area (TPSA) is 111 Å². The molecule has 0 rings (SSSR count). The molecule has 0 radical (unpaired) electrons. The van der Waals surface area contributed by atoms with Crippen LogP contribution >= 0.6 is 0 Å². The Morgan fingerprint density at radius 3 is 1.08 bits per heavy atom. The highest BCUT2D eigenvalue weighted by atomic mass is 16.7. The number of carboxylic acid groups (broad SMARTS) is 1. The van der Waals surface area contributed by atoms with Crippen molar-refractivity contribution < 1.29 is 42.9 Å². The molecule has 0 aromatic rings. The predicted octanol–water partition coefficient (Wildman–Crippen LogP) is 18.1. The maximum absolute atomic E-state index is 12.8. The molecule has 0 spiro atoms. The van der Waals surface area contributed by atoms with E-state index in [1.807, 2.05) is 21.1 Å². The van der Waals surface area contributed by atoms with Gasteiger partial charge in [0.05, 0.1) is 40.3 Å². The third kappa shape index (κ3) is 59.3. The van der Waals surface area contributed by atoms with E-state index in [0.717, 1.165) is 57.8 Å². The van der Waals surface area contributed by atoms with Gasteiger partial charge in [0.1, 0.15) is 13.2 Å². The molecule has 0 saturated heterocycles. The monoisotopic (exact) mass is 1060 g/mol. The summed E-state index contributed by atoms with van der Waals surface area (Å²) in [4.78, 5) is 37.3. The fourth-order valence-electron chi connectivity index (χ4n) is 9.69. The van der Waals surface area contributed by atoms with E-state index in [4.69, 9.17) is 18.9 Å². The van der Waals surface area contributed by atoms with Crippen molar-refractivity contribution in [2.45, 2.75) is 334 Å². The number of quaternary nitrogens is 1. The van der Waals surface area contributed by atoms with Gasteiger partial charge in [-0.3, -0.25) is 9.59 Å². The second-order valence-electron chi connectivity index (χ2n) is 23.4. The molecule has 2 atom stereocenters. The number of allylic oxidation sites excluding steroid dienone is 4. The standard InChI is InChI=1S/C66H125NO8/c1-6-8-10-12-14-16-18-20-22-23-24-25-26-27-28-29-30-31-32-33-34-35-36-37-38-39-40-41-43-44-46-48-50-52-54-56-63(68)73-60-62(61-74-66(65(70)71)72-59-58-67(3,4)5)75-64(69)57-55-53-51-49-47-45-42-21-19-17-15-13-11-9-7-2/h15,17,21,42,62,66H,6-14,16,18-20,22-41,43-61H2,1-5H3/b17-15-,42-21-. The summed E-state index contributed by atoms with van der Waals surface area (Å²) in [5.74, 6) is -2.28. The lowest BCUT2D eigenvalue weighted by molar-refractivity contribution is -0.870. The lowest BCUT2D eigenvalue weighted by Crippen LogP contribution is -2.44. The molecule has 0 aromatic carbocycles.